The van der Waals surface area contributed by atoms with Crippen molar-refractivity contribution in [1.29, 1.82) is 0 Å². The third kappa shape index (κ3) is 2.85. The molecule has 166 valence electrons. The number of benzene rings is 3. The van der Waals surface area contributed by atoms with Gasteiger partial charge in [0.1, 0.15) is 5.69 Å². The summed E-state index contributed by atoms with van der Waals surface area (Å²) in [6, 6.07) is 22.2. The van der Waals surface area contributed by atoms with Crippen LogP contribution in [-0.4, -0.2) is 26.2 Å². The van der Waals surface area contributed by atoms with E-state index < -0.39 is 5.91 Å². The van der Waals surface area contributed by atoms with E-state index >= 15 is 0 Å². The van der Waals surface area contributed by atoms with Gasteiger partial charge in [-0.05, 0) is 36.4 Å². The number of para-hydroxylation sites is 2. The number of rotatable bonds is 3. The number of fused-ring (bicyclic) bond motifs is 2. The van der Waals surface area contributed by atoms with Crippen LogP contribution < -0.4 is 4.90 Å². The number of amides is 2. The molecule has 1 aliphatic heterocycles. The zero-order valence-corrected chi connectivity index (χ0v) is 19.2. The molecule has 3 aromatic carbocycles. The van der Waals surface area contributed by atoms with E-state index in [2.05, 4.69) is 0 Å². The number of anilines is 1. The number of aryl methyl sites for hydroxylation is 2. The Kier molecular flexibility index (Phi) is 4.47. The SMILES string of the molecule is Cn1cc(C2=C(c3nn(C)c4ccccc34)C(=O)N(c3ccccc3)C2=O)c2cc(Cl)ccc21. The maximum absolute atomic E-state index is 14.0. The lowest BCUT2D eigenvalue weighted by molar-refractivity contribution is -0.119. The second-order valence-electron chi connectivity index (χ2n) is 8.34. The van der Waals surface area contributed by atoms with Crippen molar-refractivity contribution in [3.05, 3.63) is 95.3 Å². The molecule has 6 rings (SSSR count). The summed E-state index contributed by atoms with van der Waals surface area (Å²) >= 11 is 6.33. The van der Waals surface area contributed by atoms with E-state index in [1.807, 2.05) is 73.4 Å². The Morgan fingerprint density at radius 1 is 0.765 bits per heavy atom. The lowest BCUT2D eigenvalue weighted by Gasteiger charge is -2.14. The number of halogens is 1. The van der Waals surface area contributed by atoms with Gasteiger partial charge in [0.15, 0.2) is 0 Å². The third-order valence-corrected chi connectivity index (χ3v) is 6.55. The van der Waals surface area contributed by atoms with Gasteiger partial charge in [-0.3, -0.25) is 14.3 Å². The first-order chi connectivity index (χ1) is 16.5. The predicted octanol–water partition coefficient (Wildman–Crippen LogP) is 5.20. The summed E-state index contributed by atoms with van der Waals surface area (Å²) in [6.45, 7) is 0. The van der Waals surface area contributed by atoms with Crippen molar-refractivity contribution >= 4 is 62.1 Å². The second-order valence-corrected chi connectivity index (χ2v) is 8.77. The third-order valence-electron chi connectivity index (χ3n) is 6.31. The summed E-state index contributed by atoms with van der Waals surface area (Å²) in [5.74, 6) is -0.775. The fourth-order valence-electron chi connectivity index (χ4n) is 4.77. The Balaban J connectivity index is 1.70. The molecule has 5 aromatic rings. The molecule has 0 N–H and O–H groups in total. The monoisotopic (exact) mass is 466 g/mol. The summed E-state index contributed by atoms with van der Waals surface area (Å²) in [6.07, 6.45) is 1.88. The first-order valence-corrected chi connectivity index (χ1v) is 11.2. The van der Waals surface area contributed by atoms with Crippen molar-refractivity contribution in [2.24, 2.45) is 14.1 Å². The number of hydrogen-bond donors (Lipinski definition) is 0. The normalized spacial score (nSPS) is 14.3. The summed E-state index contributed by atoms with van der Waals surface area (Å²) in [5, 5.41) is 6.86. The van der Waals surface area contributed by atoms with Gasteiger partial charge in [-0.2, -0.15) is 5.10 Å². The molecule has 2 amide bonds. The van der Waals surface area contributed by atoms with E-state index in [-0.39, 0.29) is 11.5 Å². The molecule has 0 aliphatic carbocycles. The smallest absolute Gasteiger partial charge is 0.268 e. The minimum absolute atomic E-state index is 0.290. The van der Waals surface area contributed by atoms with Crippen LogP contribution in [0.25, 0.3) is 33.0 Å². The fraction of sp³-hybridized carbons (Fsp3) is 0.0741. The van der Waals surface area contributed by atoms with Crippen molar-refractivity contribution in [3.63, 3.8) is 0 Å². The van der Waals surface area contributed by atoms with Crippen LogP contribution in [0.4, 0.5) is 5.69 Å². The number of carbonyl (C=O) groups excluding carboxylic acids is 2. The first kappa shape index (κ1) is 20.4. The molecular formula is C27H19ClN4O2. The number of nitrogens with zero attached hydrogens (tertiary/aromatic N) is 4. The lowest BCUT2D eigenvalue weighted by Crippen LogP contribution is -2.31. The number of imide groups is 1. The topological polar surface area (TPSA) is 60.1 Å². The largest absolute Gasteiger partial charge is 0.350 e. The number of carbonyl (C=O) groups is 2. The van der Waals surface area contributed by atoms with E-state index in [4.69, 9.17) is 16.7 Å². The van der Waals surface area contributed by atoms with Crippen LogP contribution in [0.2, 0.25) is 5.02 Å². The Morgan fingerprint density at radius 2 is 1.47 bits per heavy atom. The van der Waals surface area contributed by atoms with E-state index in [0.717, 1.165) is 21.8 Å². The summed E-state index contributed by atoms with van der Waals surface area (Å²) in [7, 11) is 3.74. The Hall–Kier alpha value is -4.16. The van der Waals surface area contributed by atoms with Crippen LogP contribution in [0.15, 0.2) is 79.0 Å². The van der Waals surface area contributed by atoms with Gasteiger partial charge in [0.05, 0.1) is 22.4 Å². The van der Waals surface area contributed by atoms with Gasteiger partial charge in [-0.15, -0.1) is 0 Å². The quantitative estimate of drug-likeness (QED) is 0.343. The zero-order valence-electron chi connectivity index (χ0n) is 18.5. The van der Waals surface area contributed by atoms with Crippen molar-refractivity contribution in [1.82, 2.24) is 14.3 Å². The Morgan fingerprint density at radius 3 is 2.26 bits per heavy atom. The molecule has 0 saturated carbocycles. The van der Waals surface area contributed by atoms with Crippen molar-refractivity contribution in [3.8, 4) is 0 Å². The molecule has 0 radical (unpaired) electrons. The molecule has 3 heterocycles. The van der Waals surface area contributed by atoms with Gasteiger partial charge in [-0.25, -0.2) is 4.90 Å². The number of hydrogen-bond acceptors (Lipinski definition) is 3. The molecule has 0 unspecified atom stereocenters. The highest BCUT2D eigenvalue weighted by Gasteiger charge is 2.43. The second kappa shape index (κ2) is 7.43. The maximum atomic E-state index is 14.0. The maximum Gasteiger partial charge on any atom is 0.268 e. The van der Waals surface area contributed by atoms with Crippen LogP contribution in [0.5, 0.6) is 0 Å². The average molecular weight is 467 g/mol. The molecule has 0 bridgehead atoms. The van der Waals surface area contributed by atoms with Crippen LogP contribution in [0, 0.1) is 0 Å². The average Bonchev–Trinajstić information content (AvgIpc) is 3.43. The van der Waals surface area contributed by atoms with Crippen LogP contribution in [0.1, 0.15) is 11.3 Å². The first-order valence-electron chi connectivity index (χ1n) is 10.8. The van der Waals surface area contributed by atoms with Gasteiger partial charge < -0.3 is 4.57 Å². The molecular weight excluding hydrogens is 448 g/mol. The van der Waals surface area contributed by atoms with Gasteiger partial charge in [0, 0.05) is 47.2 Å². The van der Waals surface area contributed by atoms with Crippen LogP contribution in [-0.2, 0) is 23.7 Å². The standard InChI is InChI=1S/C27H19ClN4O2/c1-30-15-20(19-14-16(28)12-13-21(19)30)23-24(25-18-10-6-7-11-22(18)31(2)29-25)27(34)32(26(23)33)17-8-4-3-5-9-17/h3-15H,1-2H3. The molecule has 0 spiro atoms. The molecule has 6 nitrogen and oxygen atoms in total. The van der Waals surface area contributed by atoms with E-state index in [0.29, 0.717) is 27.5 Å². The molecule has 34 heavy (non-hydrogen) atoms. The van der Waals surface area contributed by atoms with Crippen molar-refractivity contribution < 1.29 is 9.59 Å². The summed E-state index contributed by atoms with van der Waals surface area (Å²) < 4.78 is 3.67. The van der Waals surface area contributed by atoms with E-state index in [1.54, 1.807) is 28.9 Å². The van der Waals surface area contributed by atoms with Crippen molar-refractivity contribution in [2.45, 2.75) is 0 Å². The highest BCUT2D eigenvalue weighted by molar-refractivity contribution is 6.58. The van der Waals surface area contributed by atoms with Gasteiger partial charge in [0.2, 0.25) is 0 Å². The minimum Gasteiger partial charge on any atom is -0.350 e. The van der Waals surface area contributed by atoms with Gasteiger partial charge in [-0.1, -0.05) is 48.0 Å². The van der Waals surface area contributed by atoms with Crippen LogP contribution >= 0.6 is 11.6 Å². The van der Waals surface area contributed by atoms with E-state index in [9.17, 15) is 9.59 Å². The summed E-state index contributed by atoms with van der Waals surface area (Å²) in [5.41, 5.74) is 4.07. The molecule has 2 aromatic heterocycles. The lowest BCUT2D eigenvalue weighted by atomic mass is 9.97. The van der Waals surface area contributed by atoms with Gasteiger partial charge in [0.25, 0.3) is 11.8 Å². The minimum atomic E-state index is -0.394. The van der Waals surface area contributed by atoms with Gasteiger partial charge >= 0.3 is 0 Å². The zero-order chi connectivity index (χ0) is 23.6. The Bertz CT molecular complexity index is 1680. The molecule has 0 fully saturated rings. The van der Waals surface area contributed by atoms with E-state index in [1.165, 1.54) is 4.90 Å². The predicted molar refractivity (Wildman–Crippen MR) is 134 cm³/mol. The highest BCUT2D eigenvalue weighted by Crippen LogP contribution is 2.42. The highest BCUT2D eigenvalue weighted by atomic mass is 35.5. The Labute approximate surface area is 200 Å². The molecule has 7 heteroatoms. The summed E-state index contributed by atoms with van der Waals surface area (Å²) in [4.78, 5) is 29.1. The fourth-order valence-corrected chi connectivity index (χ4v) is 4.94. The molecule has 0 saturated heterocycles. The molecule has 0 atom stereocenters. The molecule has 1 aliphatic rings. The van der Waals surface area contributed by atoms with Crippen molar-refractivity contribution in [2.75, 3.05) is 4.90 Å². The van der Waals surface area contributed by atoms with Crippen LogP contribution in [0.3, 0.4) is 0 Å². The number of aromatic nitrogens is 3.